The lowest BCUT2D eigenvalue weighted by atomic mass is 10.0. The number of fused-ring (bicyclic) bond motifs is 1. The van der Waals surface area contributed by atoms with Gasteiger partial charge in [-0.3, -0.25) is 9.89 Å². The lowest BCUT2D eigenvalue weighted by Crippen LogP contribution is -2.22. The van der Waals surface area contributed by atoms with Gasteiger partial charge in [0.2, 0.25) is 0 Å². The minimum atomic E-state index is -0.0345. The molecule has 5 heteroatoms. The Kier molecular flexibility index (Phi) is 3.33. The van der Waals surface area contributed by atoms with Crippen molar-refractivity contribution in [1.82, 2.24) is 14.6 Å². The first kappa shape index (κ1) is 13.9. The molecule has 0 unspecified atom stereocenters. The van der Waals surface area contributed by atoms with Crippen LogP contribution in [0.25, 0.3) is 16.9 Å². The maximum absolute atomic E-state index is 12.6. The van der Waals surface area contributed by atoms with Crippen LogP contribution < -0.4 is 5.56 Å². The molecule has 0 aliphatic heterocycles. The maximum atomic E-state index is 12.6. The molecule has 0 aliphatic carbocycles. The minimum absolute atomic E-state index is 0.0345. The summed E-state index contributed by atoms with van der Waals surface area (Å²) < 4.78 is 1.51. The zero-order chi connectivity index (χ0) is 15.1. The molecule has 0 amide bonds. The van der Waals surface area contributed by atoms with Crippen LogP contribution in [0.4, 0.5) is 0 Å². The summed E-state index contributed by atoms with van der Waals surface area (Å²) in [6, 6.07) is 9.34. The number of rotatable bonds is 2. The van der Waals surface area contributed by atoms with E-state index in [0.29, 0.717) is 10.7 Å². The van der Waals surface area contributed by atoms with E-state index in [4.69, 9.17) is 11.6 Å². The molecule has 0 atom stereocenters. The van der Waals surface area contributed by atoms with Gasteiger partial charge >= 0.3 is 0 Å². The van der Waals surface area contributed by atoms with Gasteiger partial charge in [-0.2, -0.15) is 0 Å². The Morgan fingerprint density at radius 3 is 2.52 bits per heavy atom. The topological polar surface area (TPSA) is 50.2 Å². The highest BCUT2D eigenvalue weighted by atomic mass is 35.5. The molecule has 4 nitrogen and oxygen atoms in total. The predicted molar refractivity (Wildman–Crippen MR) is 85.1 cm³/mol. The Labute approximate surface area is 127 Å². The summed E-state index contributed by atoms with van der Waals surface area (Å²) in [5.74, 6) is 0.143. The van der Waals surface area contributed by atoms with Crippen LogP contribution in [0, 0.1) is 6.92 Å². The van der Waals surface area contributed by atoms with Crippen LogP contribution in [0.5, 0.6) is 0 Å². The van der Waals surface area contributed by atoms with Gasteiger partial charge in [0.1, 0.15) is 0 Å². The number of nitrogens with one attached hydrogen (secondary N) is 1. The molecular formula is C16H16ClN3O. The fourth-order valence-corrected chi connectivity index (χ4v) is 2.72. The van der Waals surface area contributed by atoms with Crippen LogP contribution in [-0.4, -0.2) is 14.6 Å². The van der Waals surface area contributed by atoms with Crippen molar-refractivity contribution in [2.45, 2.75) is 26.7 Å². The van der Waals surface area contributed by atoms with E-state index >= 15 is 0 Å². The Balaban J connectivity index is 2.23. The average Bonchev–Trinajstić information content (AvgIpc) is 2.83. The smallest absolute Gasteiger partial charge is 0.276 e. The summed E-state index contributed by atoms with van der Waals surface area (Å²) in [7, 11) is 0. The Morgan fingerprint density at radius 2 is 1.90 bits per heavy atom. The molecule has 2 aromatic heterocycles. The second-order valence-corrected chi connectivity index (χ2v) is 5.88. The molecule has 108 valence electrons. The molecule has 2 heterocycles. The van der Waals surface area contributed by atoms with E-state index in [9.17, 15) is 4.79 Å². The SMILES string of the molecule is Cc1nc2cc(-c3ccc(Cl)cc3)[nH]n2c(=O)c1C(C)C. The van der Waals surface area contributed by atoms with Crippen molar-refractivity contribution < 1.29 is 0 Å². The first-order valence-corrected chi connectivity index (χ1v) is 7.23. The first-order valence-electron chi connectivity index (χ1n) is 6.85. The fourth-order valence-electron chi connectivity index (χ4n) is 2.59. The van der Waals surface area contributed by atoms with Crippen molar-refractivity contribution in [3.63, 3.8) is 0 Å². The lowest BCUT2D eigenvalue weighted by Gasteiger charge is -2.07. The van der Waals surface area contributed by atoms with Crippen molar-refractivity contribution in [1.29, 1.82) is 0 Å². The van der Waals surface area contributed by atoms with Crippen LogP contribution in [0.15, 0.2) is 35.1 Å². The van der Waals surface area contributed by atoms with E-state index in [-0.39, 0.29) is 11.5 Å². The number of aromatic nitrogens is 3. The number of H-pyrrole nitrogens is 1. The first-order chi connectivity index (χ1) is 9.97. The molecule has 0 bridgehead atoms. The summed E-state index contributed by atoms with van der Waals surface area (Å²) in [6.45, 7) is 5.88. The number of hydrogen-bond acceptors (Lipinski definition) is 2. The standard InChI is InChI=1S/C16H16ClN3O/c1-9(2)15-10(3)18-14-8-13(19-20(14)16(15)21)11-4-6-12(17)7-5-11/h4-9,19H,1-3H3. The molecular weight excluding hydrogens is 286 g/mol. The van der Waals surface area contributed by atoms with Gasteiger partial charge in [-0.25, -0.2) is 9.50 Å². The van der Waals surface area contributed by atoms with E-state index in [1.807, 2.05) is 51.1 Å². The summed E-state index contributed by atoms with van der Waals surface area (Å²) in [5.41, 5.74) is 3.94. The quantitative estimate of drug-likeness (QED) is 0.783. The van der Waals surface area contributed by atoms with E-state index in [1.165, 1.54) is 4.52 Å². The van der Waals surface area contributed by atoms with Crippen molar-refractivity contribution in [3.8, 4) is 11.3 Å². The van der Waals surface area contributed by atoms with Crippen LogP contribution in [0.3, 0.4) is 0 Å². The molecule has 21 heavy (non-hydrogen) atoms. The Bertz CT molecular complexity index is 860. The Morgan fingerprint density at radius 1 is 1.24 bits per heavy atom. The number of hydrogen-bond donors (Lipinski definition) is 1. The van der Waals surface area contributed by atoms with Gasteiger partial charge < -0.3 is 0 Å². The average molecular weight is 302 g/mol. The minimum Gasteiger partial charge on any atom is -0.289 e. The van der Waals surface area contributed by atoms with Crippen molar-refractivity contribution in [2.75, 3.05) is 0 Å². The predicted octanol–water partition coefficient (Wildman–Crippen LogP) is 3.77. The van der Waals surface area contributed by atoms with Gasteiger partial charge in [0.15, 0.2) is 5.65 Å². The number of halogens is 1. The van der Waals surface area contributed by atoms with E-state index in [0.717, 1.165) is 22.5 Å². The van der Waals surface area contributed by atoms with Gasteiger partial charge in [0.05, 0.1) is 5.69 Å². The largest absolute Gasteiger partial charge is 0.289 e. The number of nitrogens with zero attached hydrogens (tertiary/aromatic N) is 2. The zero-order valence-electron chi connectivity index (χ0n) is 12.1. The third kappa shape index (κ3) is 2.36. The monoisotopic (exact) mass is 301 g/mol. The molecule has 3 rings (SSSR count). The lowest BCUT2D eigenvalue weighted by molar-refractivity contribution is 0.781. The molecule has 0 saturated heterocycles. The van der Waals surface area contributed by atoms with Gasteiger partial charge in [-0.15, -0.1) is 0 Å². The molecule has 3 aromatic rings. The molecule has 1 N–H and O–H groups in total. The molecule has 1 aromatic carbocycles. The van der Waals surface area contributed by atoms with E-state index in [1.54, 1.807) is 0 Å². The zero-order valence-corrected chi connectivity index (χ0v) is 12.9. The molecule has 0 fully saturated rings. The van der Waals surface area contributed by atoms with Crippen molar-refractivity contribution in [2.24, 2.45) is 0 Å². The van der Waals surface area contributed by atoms with Gasteiger partial charge in [-0.1, -0.05) is 37.6 Å². The summed E-state index contributed by atoms with van der Waals surface area (Å²) in [5, 5.41) is 3.80. The van der Waals surface area contributed by atoms with Crippen LogP contribution >= 0.6 is 11.6 Å². The molecule has 0 aliphatic rings. The van der Waals surface area contributed by atoms with E-state index < -0.39 is 0 Å². The van der Waals surface area contributed by atoms with Gasteiger partial charge in [0, 0.05) is 22.3 Å². The second kappa shape index (κ2) is 5.04. The van der Waals surface area contributed by atoms with Crippen LogP contribution in [-0.2, 0) is 0 Å². The van der Waals surface area contributed by atoms with Gasteiger partial charge in [-0.05, 0) is 30.5 Å². The van der Waals surface area contributed by atoms with Crippen molar-refractivity contribution in [3.05, 3.63) is 57.0 Å². The third-order valence-electron chi connectivity index (χ3n) is 3.57. The molecule has 0 saturated carbocycles. The highest BCUT2D eigenvalue weighted by Gasteiger charge is 2.15. The summed E-state index contributed by atoms with van der Waals surface area (Å²) in [6.07, 6.45) is 0. The number of aromatic amines is 1. The van der Waals surface area contributed by atoms with Crippen LogP contribution in [0.2, 0.25) is 5.02 Å². The van der Waals surface area contributed by atoms with E-state index in [2.05, 4.69) is 10.1 Å². The normalized spacial score (nSPS) is 11.5. The number of benzene rings is 1. The Hall–Kier alpha value is -2.07. The highest BCUT2D eigenvalue weighted by molar-refractivity contribution is 6.30. The van der Waals surface area contributed by atoms with Crippen molar-refractivity contribution >= 4 is 17.2 Å². The summed E-state index contributed by atoms with van der Waals surface area (Å²) >= 11 is 5.90. The van der Waals surface area contributed by atoms with Gasteiger partial charge in [0.25, 0.3) is 5.56 Å². The fraction of sp³-hybridized carbons (Fsp3) is 0.250. The number of aryl methyl sites for hydroxylation is 1. The maximum Gasteiger partial charge on any atom is 0.276 e. The van der Waals surface area contributed by atoms with Crippen LogP contribution in [0.1, 0.15) is 31.0 Å². The third-order valence-corrected chi connectivity index (χ3v) is 3.82. The summed E-state index contributed by atoms with van der Waals surface area (Å²) in [4.78, 5) is 17.1. The molecule has 0 spiro atoms. The molecule has 0 radical (unpaired) electrons. The highest BCUT2D eigenvalue weighted by Crippen LogP contribution is 2.22. The second-order valence-electron chi connectivity index (χ2n) is 5.44.